The predicted octanol–water partition coefficient (Wildman–Crippen LogP) is 1.99. The smallest absolute Gasteiger partial charge is 0.240 e. The van der Waals surface area contributed by atoms with E-state index in [9.17, 15) is 4.79 Å². The van der Waals surface area contributed by atoms with E-state index in [0.717, 1.165) is 29.5 Å². The van der Waals surface area contributed by atoms with Gasteiger partial charge in [0.25, 0.3) is 0 Å². The maximum Gasteiger partial charge on any atom is 0.240 e. The molecule has 3 rings (SSSR count). The highest BCUT2D eigenvalue weighted by atomic mass is 32.2. The van der Waals surface area contributed by atoms with Gasteiger partial charge in [-0.25, -0.2) is 0 Å². The van der Waals surface area contributed by atoms with Gasteiger partial charge < -0.3 is 14.4 Å². The van der Waals surface area contributed by atoms with Crippen LogP contribution in [0.3, 0.4) is 0 Å². The summed E-state index contributed by atoms with van der Waals surface area (Å²) in [5.74, 6) is 3.37. The number of nitrogens with zero attached hydrogens (tertiary/aromatic N) is 1. The summed E-state index contributed by atoms with van der Waals surface area (Å²) in [7, 11) is 3.29. The number of hydrogen-bond donors (Lipinski definition) is 1. The van der Waals surface area contributed by atoms with Gasteiger partial charge in [0.05, 0.1) is 20.3 Å². The van der Waals surface area contributed by atoms with Crippen LogP contribution in [0.1, 0.15) is 25.0 Å². The Morgan fingerprint density at radius 1 is 1.30 bits per heavy atom. The van der Waals surface area contributed by atoms with Crippen LogP contribution in [0.2, 0.25) is 0 Å². The molecule has 5 nitrogen and oxygen atoms in total. The normalized spacial score (nSPS) is 22.6. The van der Waals surface area contributed by atoms with Crippen LogP contribution in [-0.2, 0) is 16.8 Å². The van der Waals surface area contributed by atoms with E-state index in [1.807, 2.05) is 11.0 Å². The van der Waals surface area contributed by atoms with Crippen LogP contribution in [0.5, 0.6) is 11.5 Å². The third kappa shape index (κ3) is 3.02. The molecule has 1 saturated heterocycles. The van der Waals surface area contributed by atoms with Gasteiger partial charge in [-0.05, 0) is 23.3 Å². The highest BCUT2D eigenvalue weighted by molar-refractivity contribution is 7.99. The lowest BCUT2D eigenvalue weighted by Crippen LogP contribution is -2.51. The van der Waals surface area contributed by atoms with Gasteiger partial charge in [0, 0.05) is 30.1 Å². The Morgan fingerprint density at radius 3 is 2.61 bits per heavy atom. The zero-order valence-electron chi connectivity index (χ0n) is 14.1. The van der Waals surface area contributed by atoms with Crippen LogP contribution in [0.25, 0.3) is 0 Å². The molecule has 2 heterocycles. The average molecular weight is 336 g/mol. The first-order valence-corrected chi connectivity index (χ1v) is 8.97. The molecule has 0 radical (unpaired) electrons. The lowest BCUT2D eigenvalue weighted by molar-refractivity contribution is -0.134. The highest BCUT2D eigenvalue weighted by Crippen LogP contribution is 2.40. The minimum atomic E-state index is -0.117. The maximum atomic E-state index is 12.8. The zero-order chi connectivity index (χ0) is 16.6. The quantitative estimate of drug-likeness (QED) is 0.915. The van der Waals surface area contributed by atoms with E-state index >= 15 is 0 Å². The minimum Gasteiger partial charge on any atom is -0.493 e. The molecule has 1 atom stereocenters. The van der Waals surface area contributed by atoms with Gasteiger partial charge in [0.2, 0.25) is 5.91 Å². The molecule has 23 heavy (non-hydrogen) atoms. The molecule has 2 aliphatic heterocycles. The van der Waals surface area contributed by atoms with Gasteiger partial charge in [-0.1, -0.05) is 13.8 Å². The van der Waals surface area contributed by atoms with Crippen molar-refractivity contribution >= 4 is 17.7 Å². The standard InChI is InChI=1S/C17H24N2O3S/c1-17(2)9-19(16(20)13-8-23-10-18-13)7-11-5-14(21-3)15(22-4)6-12(11)17/h5-6,13,18H,7-10H2,1-4H3. The van der Waals surface area contributed by atoms with Gasteiger partial charge in [-0.15, -0.1) is 11.8 Å². The van der Waals surface area contributed by atoms with E-state index in [1.54, 1.807) is 26.0 Å². The van der Waals surface area contributed by atoms with Gasteiger partial charge in [0.1, 0.15) is 0 Å². The fraction of sp³-hybridized carbons (Fsp3) is 0.588. The first kappa shape index (κ1) is 16.5. The van der Waals surface area contributed by atoms with Crippen molar-refractivity contribution < 1.29 is 14.3 Å². The monoisotopic (exact) mass is 336 g/mol. The molecule has 1 N–H and O–H groups in total. The molecule has 1 unspecified atom stereocenters. The number of fused-ring (bicyclic) bond motifs is 1. The summed E-state index contributed by atoms with van der Waals surface area (Å²) >= 11 is 1.78. The van der Waals surface area contributed by atoms with Gasteiger partial charge in [-0.3, -0.25) is 10.1 Å². The number of hydrogen-bond acceptors (Lipinski definition) is 5. The highest BCUT2D eigenvalue weighted by Gasteiger charge is 2.37. The van der Waals surface area contributed by atoms with Crippen LogP contribution in [0.15, 0.2) is 12.1 Å². The Kier molecular flexibility index (Phi) is 4.47. The van der Waals surface area contributed by atoms with Crippen molar-refractivity contribution in [1.82, 2.24) is 10.2 Å². The van der Waals surface area contributed by atoms with Crippen LogP contribution < -0.4 is 14.8 Å². The molecule has 1 fully saturated rings. The Morgan fingerprint density at radius 2 is 2.00 bits per heavy atom. The fourth-order valence-electron chi connectivity index (χ4n) is 3.44. The lowest BCUT2D eigenvalue weighted by Gasteiger charge is -2.41. The molecular weight excluding hydrogens is 312 g/mol. The van der Waals surface area contributed by atoms with Crippen molar-refractivity contribution in [3.63, 3.8) is 0 Å². The number of carbonyl (C=O) groups excluding carboxylic acids is 1. The largest absolute Gasteiger partial charge is 0.493 e. The van der Waals surface area contributed by atoms with Crippen LogP contribution >= 0.6 is 11.8 Å². The van der Waals surface area contributed by atoms with Crippen molar-refractivity contribution in [1.29, 1.82) is 0 Å². The van der Waals surface area contributed by atoms with Crippen LogP contribution in [0, 0.1) is 0 Å². The van der Waals surface area contributed by atoms with E-state index in [0.29, 0.717) is 12.3 Å². The lowest BCUT2D eigenvalue weighted by atomic mass is 9.78. The Hall–Kier alpha value is -1.40. The van der Waals surface area contributed by atoms with Crippen LogP contribution in [0.4, 0.5) is 0 Å². The molecule has 1 amide bonds. The van der Waals surface area contributed by atoms with E-state index in [2.05, 4.69) is 25.2 Å². The summed E-state index contributed by atoms with van der Waals surface area (Å²) < 4.78 is 10.9. The topological polar surface area (TPSA) is 50.8 Å². The van der Waals surface area contributed by atoms with Gasteiger partial charge in [0.15, 0.2) is 11.5 Å². The second-order valence-electron chi connectivity index (χ2n) is 6.71. The number of thioether (sulfide) groups is 1. The molecule has 1 aromatic carbocycles. The number of ether oxygens (including phenoxy) is 2. The predicted molar refractivity (Wildman–Crippen MR) is 92.2 cm³/mol. The summed E-state index contributed by atoms with van der Waals surface area (Å²) in [5, 5.41) is 3.27. The second-order valence-corrected chi connectivity index (χ2v) is 7.74. The van der Waals surface area contributed by atoms with Crippen LogP contribution in [-0.4, -0.2) is 49.2 Å². The first-order valence-electron chi connectivity index (χ1n) is 7.81. The number of nitrogens with one attached hydrogen (secondary N) is 1. The van der Waals surface area contributed by atoms with Crippen molar-refractivity contribution in [3.8, 4) is 11.5 Å². The summed E-state index contributed by atoms with van der Waals surface area (Å²) in [6.45, 7) is 5.69. The third-order valence-corrected chi connectivity index (χ3v) is 5.55. The first-order chi connectivity index (χ1) is 11.0. The maximum absolute atomic E-state index is 12.8. The molecule has 1 aromatic rings. The summed E-state index contributed by atoms with van der Waals surface area (Å²) in [6.07, 6.45) is 0. The average Bonchev–Trinajstić information content (AvgIpc) is 3.06. The van der Waals surface area contributed by atoms with Gasteiger partial charge >= 0.3 is 0 Å². The molecule has 0 spiro atoms. The SMILES string of the molecule is COc1cc2c(cc1OC)C(C)(C)CN(C(=O)C1CSCN1)C2. The number of carbonyl (C=O) groups is 1. The number of rotatable bonds is 3. The zero-order valence-corrected chi connectivity index (χ0v) is 15.0. The van der Waals surface area contributed by atoms with E-state index in [1.165, 1.54) is 5.56 Å². The van der Waals surface area contributed by atoms with E-state index in [-0.39, 0.29) is 17.4 Å². The molecule has 0 saturated carbocycles. The molecule has 0 aromatic heterocycles. The van der Waals surface area contributed by atoms with Crippen molar-refractivity contribution in [3.05, 3.63) is 23.3 Å². The summed E-state index contributed by atoms with van der Waals surface area (Å²) in [5.41, 5.74) is 2.25. The van der Waals surface area contributed by atoms with Gasteiger partial charge in [-0.2, -0.15) is 0 Å². The van der Waals surface area contributed by atoms with Crippen molar-refractivity contribution in [2.75, 3.05) is 32.4 Å². The Balaban J connectivity index is 1.93. The molecular formula is C17H24N2O3S. The van der Waals surface area contributed by atoms with Crippen molar-refractivity contribution in [2.45, 2.75) is 31.8 Å². The number of benzene rings is 1. The van der Waals surface area contributed by atoms with E-state index < -0.39 is 0 Å². The van der Waals surface area contributed by atoms with E-state index in [4.69, 9.17) is 9.47 Å². The molecule has 0 aliphatic carbocycles. The molecule has 126 valence electrons. The Bertz CT molecular complexity index is 612. The second kappa shape index (κ2) is 6.24. The molecule has 2 aliphatic rings. The Labute approximate surface area is 141 Å². The fourth-order valence-corrected chi connectivity index (χ4v) is 4.37. The van der Waals surface area contributed by atoms with Crippen molar-refractivity contribution in [2.24, 2.45) is 0 Å². The minimum absolute atomic E-state index is 0.0579. The number of amides is 1. The molecule has 6 heteroatoms. The summed E-state index contributed by atoms with van der Waals surface area (Å²) in [6, 6.07) is 4.00. The molecule has 0 bridgehead atoms. The summed E-state index contributed by atoms with van der Waals surface area (Å²) in [4.78, 5) is 14.7. The number of methoxy groups -OCH3 is 2. The third-order valence-electron chi connectivity index (χ3n) is 4.61.